The summed E-state index contributed by atoms with van der Waals surface area (Å²) in [6.07, 6.45) is 2.45. The molecular weight excluding hydrogens is 312 g/mol. The lowest BCUT2D eigenvalue weighted by Gasteiger charge is -2.41. The minimum Gasteiger partial charge on any atom is -0.419 e. The third-order valence-electron chi connectivity index (χ3n) is 5.45. The summed E-state index contributed by atoms with van der Waals surface area (Å²) in [4.78, 5) is 1.39. The van der Waals surface area contributed by atoms with Crippen molar-refractivity contribution >= 4 is 28.4 Å². The molecule has 0 saturated heterocycles. The summed E-state index contributed by atoms with van der Waals surface area (Å²) < 4.78 is 12.3. The molecule has 0 radical (unpaired) electrons. The predicted octanol–water partition coefficient (Wildman–Crippen LogP) is 5.62. The molecule has 0 amide bonds. The molecule has 0 aromatic heterocycles. The van der Waals surface area contributed by atoms with Crippen LogP contribution in [0.15, 0.2) is 0 Å². The fraction of sp³-hybridized carbons (Fsp3) is 1.00. The second-order valence-electron chi connectivity index (χ2n) is 5.88. The molecule has 0 aliphatic heterocycles. The Labute approximate surface area is 140 Å². The van der Waals surface area contributed by atoms with Crippen LogP contribution in [-0.2, 0) is 8.85 Å². The Kier molecular flexibility index (Phi) is 10.8. The van der Waals surface area contributed by atoms with E-state index in [9.17, 15) is 0 Å². The molecule has 0 rings (SSSR count). The molecule has 0 aromatic carbocycles. The van der Waals surface area contributed by atoms with Crippen LogP contribution in [0.5, 0.6) is 0 Å². The summed E-state index contributed by atoms with van der Waals surface area (Å²) >= 11 is 2.22. The molecule has 0 fully saturated rings. The highest BCUT2D eigenvalue weighted by molar-refractivity contribution is 8.03. The molecule has 2 nitrogen and oxygen atoms in total. The van der Waals surface area contributed by atoms with Crippen LogP contribution in [0.25, 0.3) is 0 Å². The van der Waals surface area contributed by atoms with Gasteiger partial charge in [0.05, 0.1) is 0 Å². The number of rotatable bonds is 12. The lowest BCUT2D eigenvalue weighted by atomic mass is 10.6. The van der Waals surface area contributed by atoms with Gasteiger partial charge >= 0.3 is 0 Å². The van der Waals surface area contributed by atoms with Gasteiger partial charge in [-0.05, 0) is 37.0 Å². The average Bonchev–Trinajstić information content (AvgIpc) is 2.55. The van der Waals surface area contributed by atoms with Crippen LogP contribution in [-0.4, -0.2) is 40.6 Å². The molecule has 0 bridgehead atoms. The third kappa shape index (κ3) is 4.84. The quantitative estimate of drug-likeness (QED) is 0.426. The monoisotopic (exact) mass is 350 g/mol. The summed E-state index contributed by atoms with van der Waals surface area (Å²) in [5.41, 5.74) is 0. The zero-order valence-corrected chi connectivity index (χ0v) is 18.4. The maximum atomic E-state index is 6.14. The first-order chi connectivity index (χ1) is 9.99. The van der Waals surface area contributed by atoms with Crippen LogP contribution in [0.1, 0.15) is 54.4 Å². The molecule has 2 unspecified atom stereocenters. The third-order valence-corrected chi connectivity index (χ3v) is 19.7. The van der Waals surface area contributed by atoms with Crippen LogP contribution in [0.4, 0.5) is 0 Å². The van der Waals surface area contributed by atoms with E-state index in [0.29, 0.717) is 9.75 Å². The van der Waals surface area contributed by atoms with Crippen molar-refractivity contribution in [1.82, 2.24) is 0 Å². The zero-order chi connectivity index (χ0) is 16.5. The largest absolute Gasteiger partial charge is 0.419 e. The fourth-order valence-electron chi connectivity index (χ4n) is 3.63. The second-order valence-corrected chi connectivity index (χ2v) is 17.4. The Morgan fingerprint density at radius 1 is 0.667 bits per heavy atom. The van der Waals surface area contributed by atoms with Crippen molar-refractivity contribution in [2.75, 3.05) is 14.2 Å². The maximum Gasteiger partial charge on any atom is 0.204 e. The minimum absolute atomic E-state index is 0.697. The molecule has 0 saturated carbocycles. The Morgan fingerprint density at radius 2 is 0.952 bits per heavy atom. The summed E-state index contributed by atoms with van der Waals surface area (Å²) in [5, 5.41) is 0. The van der Waals surface area contributed by atoms with Gasteiger partial charge in [0.2, 0.25) is 16.6 Å². The number of thioether (sulfide) groups is 1. The van der Waals surface area contributed by atoms with Crippen LogP contribution >= 0.6 is 11.8 Å². The van der Waals surface area contributed by atoms with E-state index in [0.717, 1.165) is 0 Å². The smallest absolute Gasteiger partial charge is 0.204 e. The SMILES string of the molecule is CCC(SC(CC)[Si](CC)(CC)OC)[Si](CC)(CC)OC. The normalized spacial score (nSPS) is 16.0. The van der Waals surface area contributed by atoms with Crippen LogP contribution in [0.2, 0.25) is 24.2 Å². The summed E-state index contributed by atoms with van der Waals surface area (Å²) in [7, 11) is 0.670. The Bertz CT molecular complexity index is 226. The first-order valence-electron chi connectivity index (χ1n) is 8.75. The average molecular weight is 351 g/mol. The van der Waals surface area contributed by atoms with E-state index in [1.165, 1.54) is 37.0 Å². The van der Waals surface area contributed by atoms with Gasteiger partial charge in [0, 0.05) is 24.0 Å². The van der Waals surface area contributed by atoms with Crippen molar-refractivity contribution in [1.29, 1.82) is 0 Å². The Morgan fingerprint density at radius 3 is 1.10 bits per heavy atom. The molecule has 0 aliphatic rings. The lowest BCUT2D eigenvalue weighted by Crippen LogP contribution is -2.52. The molecule has 0 spiro atoms. The van der Waals surface area contributed by atoms with E-state index in [-0.39, 0.29) is 0 Å². The number of hydrogen-bond acceptors (Lipinski definition) is 3. The topological polar surface area (TPSA) is 18.5 Å². The molecule has 0 aliphatic carbocycles. The van der Waals surface area contributed by atoms with Gasteiger partial charge in [-0.1, -0.05) is 41.5 Å². The van der Waals surface area contributed by atoms with Gasteiger partial charge in [-0.3, -0.25) is 0 Å². The van der Waals surface area contributed by atoms with E-state index < -0.39 is 16.6 Å². The summed E-state index contributed by atoms with van der Waals surface area (Å²) in [6.45, 7) is 14.0. The van der Waals surface area contributed by atoms with Gasteiger partial charge in [0.15, 0.2) is 0 Å². The van der Waals surface area contributed by atoms with Gasteiger partial charge in [-0.15, -0.1) is 0 Å². The van der Waals surface area contributed by atoms with E-state index in [4.69, 9.17) is 8.85 Å². The maximum absolute atomic E-state index is 6.14. The van der Waals surface area contributed by atoms with Gasteiger partial charge in [-0.2, -0.15) is 11.8 Å². The van der Waals surface area contributed by atoms with E-state index >= 15 is 0 Å². The van der Waals surface area contributed by atoms with Crippen molar-refractivity contribution in [3.63, 3.8) is 0 Å². The first kappa shape index (κ1) is 21.7. The van der Waals surface area contributed by atoms with Gasteiger partial charge in [0.25, 0.3) is 0 Å². The summed E-state index contributed by atoms with van der Waals surface area (Å²) in [6, 6.07) is 4.90. The van der Waals surface area contributed by atoms with E-state index in [1.54, 1.807) is 0 Å². The van der Waals surface area contributed by atoms with Crippen molar-refractivity contribution in [3.8, 4) is 0 Å². The second kappa shape index (κ2) is 10.5. The molecule has 128 valence electrons. The molecule has 0 aromatic rings. The first-order valence-corrected chi connectivity index (χ1v) is 14.5. The highest BCUT2D eigenvalue weighted by Crippen LogP contribution is 2.40. The van der Waals surface area contributed by atoms with Gasteiger partial charge in [0.1, 0.15) is 0 Å². The van der Waals surface area contributed by atoms with Crippen molar-refractivity contribution in [2.24, 2.45) is 0 Å². The van der Waals surface area contributed by atoms with Crippen molar-refractivity contribution in [2.45, 2.75) is 88.3 Å². The Balaban J connectivity index is 5.32. The van der Waals surface area contributed by atoms with Crippen LogP contribution in [0.3, 0.4) is 0 Å². The minimum atomic E-state index is -1.61. The molecule has 21 heavy (non-hydrogen) atoms. The number of hydrogen-bond donors (Lipinski definition) is 0. The van der Waals surface area contributed by atoms with E-state index in [1.807, 2.05) is 14.2 Å². The highest BCUT2D eigenvalue weighted by atomic mass is 32.2. The standard InChI is InChI=1S/C16H38O2SSi2/c1-9-15(20(11-3,12-4)17-7)19-16(10-2)21(13-5,14-6)18-8/h15-16H,9-14H2,1-8H3. The fourth-order valence-corrected chi connectivity index (χ4v) is 16.4. The van der Waals surface area contributed by atoms with E-state index in [2.05, 4.69) is 53.3 Å². The molecule has 5 heteroatoms. The van der Waals surface area contributed by atoms with Gasteiger partial charge in [-0.25, -0.2) is 0 Å². The van der Waals surface area contributed by atoms with Gasteiger partial charge < -0.3 is 8.85 Å². The van der Waals surface area contributed by atoms with Crippen LogP contribution < -0.4 is 0 Å². The van der Waals surface area contributed by atoms with Crippen molar-refractivity contribution in [3.05, 3.63) is 0 Å². The van der Waals surface area contributed by atoms with Crippen molar-refractivity contribution < 1.29 is 8.85 Å². The zero-order valence-electron chi connectivity index (χ0n) is 15.6. The molecule has 0 heterocycles. The van der Waals surface area contributed by atoms with Crippen LogP contribution in [0, 0.1) is 0 Å². The lowest BCUT2D eigenvalue weighted by molar-refractivity contribution is 0.385. The molecule has 0 N–H and O–H groups in total. The molecule has 2 atom stereocenters. The summed E-state index contributed by atoms with van der Waals surface area (Å²) in [5.74, 6) is 0. The Hall–Kier alpha value is 0.704. The highest BCUT2D eigenvalue weighted by Gasteiger charge is 2.45. The predicted molar refractivity (Wildman–Crippen MR) is 103 cm³/mol. The molecular formula is C16H38O2SSi2.